The van der Waals surface area contributed by atoms with E-state index < -0.39 is 0 Å². The first-order valence-electron chi connectivity index (χ1n) is 7.27. The Labute approximate surface area is 143 Å². The lowest BCUT2D eigenvalue weighted by Crippen LogP contribution is -2.33. The van der Waals surface area contributed by atoms with Gasteiger partial charge in [-0.05, 0) is 42.8 Å². The van der Waals surface area contributed by atoms with E-state index in [1.54, 1.807) is 55.6 Å². The van der Waals surface area contributed by atoms with Crippen LogP contribution in [0, 0.1) is 0 Å². The predicted octanol–water partition coefficient (Wildman–Crippen LogP) is 3.17. The van der Waals surface area contributed by atoms with E-state index in [4.69, 9.17) is 22.2 Å². The van der Waals surface area contributed by atoms with E-state index >= 15 is 0 Å². The number of ether oxygens (including phenoxy) is 1. The number of nitrogens with one attached hydrogen (secondary N) is 1. The minimum atomic E-state index is -0.341. The van der Waals surface area contributed by atoms with Crippen LogP contribution in [0.5, 0.6) is 11.6 Å². The number of nitrogens with zero attached hydrogens (tertiary/aromatic N) is 2. The lowest BCUT2D eigenvalue weighted by Gasteiger charge is -2.11. The number of carbonyl (C=O) groups is 1. The fourth-order valence-electron chi connectivity index (χ4n) is 2.24. The molecule has 3 N–H and O–H groups in total. The van der Waals surface area contributed by atoms with E-state index in [1.807, 2.05) is 0 Å². The Kier molecular flexibility index (Phi) is 4.59. The number of aromatic nitrogens is 2. The third-order valence-corrected chi connectivity index (χ3v) is 3.86. The summed E-state index contributed by atoms with van der Waals surface area (Å²) in [6, 6.07) is 12.4. The molecule has 122 valence electrons. The quantitative estimate of drug-likeness (QED) is 0.432. The SMILES string of the molecule is CC(C(=O)NN)c1ccc(Oc2cnc3ccc(Cl)cc3n2)cc1. The van der Waals surface area contributed by atoms with E-state index in [0.717, 1.165) is 11.1 Å². The molecule has 1 atom stereocenters. The maximum absolute atomic E-state index is 11.5. The summed E-state index contributed by atoms with van der Waals surface area (Å²) in [6.07, 6.45) is 1.55. The standard InChI is InChI=1S/C17H15ClN4O2/c1-10(17(23)22-19)11-2-5-13(6-3-11)24-16-9-20-14-7-4-12(18)8-15(14)21-16/h2-10H,19H2,1H3,(H,22,23). The van der Waals surface area contributed by atoms with Crippen LogP contribution in [0.2, 0.25) is 5.02 Å². The van der Waals surface area contributed by atoms with E-state index in [0.29, 0.717) is 22.2 Å². The lowest BCUT2D eigenvalue weighted by atomic mass is 10.0. The molecular formula is C17H15ClN4O2. The van der Waals surface area contributed by atoms with Crippen molar-refractivity contribution in [3.63, 3.8) is 0 Å². The first-order chi connectivity index (χ1) is 11.6. The molecule has 0 radical (unpaired) electrons. The van der Waals surface area contributed by atoms with Gasteiger partial charge in [0.1, 0.15) is 5.75 Å². The highest BCUT2D eigenvalue weighted by Gasteiger charge is 2.13. The van der Waals surface area contributed by atoms with Gasteiger partial charge in [-0.2, -0.15) is 0 Å². The molecule has 0 spiro atoms. The van der Waals surface area contributed by atoms with Crippen molar-refractivity contribution in [2.45, 2.75) is 12.8 Å². The van der Waals surface area contributed by atoms with E-state index in [-0.39, 0.29) is 11.8 Å². The molecule has 0 fully saturated rings. The van der Waals surface area contributed by atoms with Crippen molar-refractivity contribution in [2.75, 3.05) is 0 Å². The molecule has 3 aromatic rings. The number of hydrazine groups is 1. The zero-order valence-corrected chi connectivity index (χ0v) is 13.6. The lowest BCUT2D eigenvalue weighted by molar-refractivity contribution is -0.122. The Balaban J connectivity index is 1.80. The molecular weight excluding hydrogens is 328 g/mol. The molecule has 24 heavy (non-hydrogen) atoms. The number of rotatable bonds is 4. The topological polar surface area (TPSA) is 90.1 Å². The number of benzene rings is 2. The number of hydrogen-bond acceptors (Lipinski definition) is 5. The highest BCUT2D eigenvalue weighted by atomic mass is 35.5. The van der Waals surface area contributed by atoms with Crippen molar-refractivity contribution < 1.29 is 9.53 Å². The number of carbonyl (C=O) groups excluding carboxylic acids is 1. The predicted molar refractivity (Wildman–Crippen MR) is 91.8 cm³/mol. The molecule has 0 saturated heterocycles. The number of halogens is 1. The van der Waals surface area contributed by atoms with E-state index in [1.165, 1.54) is 0 Å². The minimum Gasteiger partial charge on any atom is -0.437 e. The molecule has 1 unspecified atom stereocenters. The summed E-state index contributed by atoms with van der Waals surface area (Å²) in [7, 11) is 0. The Morgan fingerprint density at radius 1 is 1.21 bits per heavy atom. The molecule has 1 amide bonds. The smallest absolute Gasteiger partial charge is 0.241 e. The number of fused-ring (bicyclic) bond motifs is 1. The molecule has 6 nitrogen and oxygen atoms in total. The Morgan fingerprint density at radius 3 is 2.67 bits per heavy atom. The van der Waals surface area contributed by atoms with E-state index in [2.05, 4.69) is 15.4 Å². The van der Waals surface area contributed by atoms with Crippen LogP contribution in [0.25, 0.3) is 11.0 Å². The second kappa shape index (κ2) is 6.82. The molecule has 1 aromatic heterocycles. The Hall–Kier alpha value is -2.70. The number of amides is 1. The fraction of sp³-hybridized carbons (Fsp3) is 0.118. The van der Waals surface area contributed by atoms with Crippen molar-refractivity contribution in [3.05, 3.63) is 59.2 Å². The van der Waals surface area contributed by atoms with Crippen molar-refractivity contribution in [1.29, 1.82) is 0 Å². The van der Waals surface area contributed by atoms with Gasteiger partial charge >= 0.3 is 0 Å². The van der Waals surface area contributed by atoms with Crippen molar-refractivity contribution >= 4 is 28.5 Å². The third kappa shape index (κ3) is 3.45. The maximum atomic E-state index is 11.5. The van der Waals surface area contributed by atoms with Crippen LogP contribution >= 0.6 is 11.6 Å². The second-order valence-electron chi connectivity index (χ2n) is 5.24. The number of hydrogen-bond donors (Lipinski definition) is 2. The molecule has 3 rings (SSSR count). The zero-order chi connectivity index (χ0) is 17.1. The molecule has 7 heteroatoms. The molecule has 0 aliphatic heterocycles. The van der Waals surface area contributed by atoms with Crippen LogP contribution in [0.15, 0.2) is 48.7 Å². The Bertz CT molecular complexity index is 883. The minimum absolute atomic E-state index is 0.249. The highest BCUT2D eigenvalue weighted by Crippen LogP contribution is 2.24. The number of nitrogens with two attached hydrogens (primary N) is 1. The van der Waals surface area contributed by atoms with Gasteiger partial charge in [0, 0.05) is 5.02 Å². The third-order valence-electron chi connectivity index (χ3n) is 3.62. The molecule has 2 aromatic carbocycles. The molecule has 0 aliphatic rings. The van der Waals surface area contributed by atoms with Gasteiger partial charge in [-0.15, -0.1) is 0 Å². The van der Waals surface area contributed by atoms with Crippen LogP contribution in [-0.2, 0) is 4.79 Å². The van der Waals surface area contributed by atoms with Gasteiger partial charge in [0.25, 0.3) is 0 Å². The van der Waals surface area contributed by atoms with Crippen LogP contribution in [0.3, 0.4) is 0 Å². The molecule has 0 bridgehead atoms. The van der Waals surface area contributed by atoms with Gasteiger partial charge in [-0.3, -0.25) is 10.2 Å². The summed E-state index contributed by atoms with van der Waals surface area (Å²) in [5.41, 5.74) is 4.37. The summed E-state index contributed by atoms with van der Waals surface area (Å²) >= 11 is 5.97. The average molecular weight is 343 g/mol. The maximum Gasteiger partial charge on any atom is 0.241 e. The summed E-state index contributed by atoms with van der Waals surface area (Å²) in [5, 5.41) is 0.588. The van der Waals surface area contributed by atoms with Gasteiger partial charge in [-0.1, -0.05) is 23.7 Å². The van der Waals surface area contributed by atoms with Gasteiger partial charge in [0.15, 0.2) is 0 Å². The second-order valence-corrected chi connectivity index (χ2v) is 5.68. The summed E-state index contributed by atoms with van der Waals surface area (Å²) in [4.78, 5) is 20.2. The molecule has 0 saturated carbocycles. The monoisotopic (exact) mass is 342 g/mol. The van der Waals surface area contributed by atoms with Crippen LogP contribution in [-0.4, -0.2) is 15.9 Å². The average Bonchev–Trinajstić information content (AvgIpc) is 2.60. The van der Waals surface area contributed by atoms with Gasteiger partial charge < -0.3 is 4.74 Å². The van der Waals surface area contributed by atoms with Gasteiger partial charge in [0.2, 0.25) is 11.8 Å². The fourth-order valence-corrected chi connectivity index (χ4v) is 2.40. The highest BCUT2D eigenvalue weighted by molar-refractivity contribution is 6.31. The van der Waals surface area contributed by atoms with Crippen molar-refractivity contribution in [3.8, 4) is 11.6 Å². The van der Waals surface area contributed by atoms with Crippen LogP contribution in [0.4, 0.5) is 0 Å². The van der Waals surface area contributed by atoms with Gasteiger partial charge in [-0.25, -0.2) is 15.8 Å². The largest absolute Gasteiger partial charge is 0.437 e. The molecule has 0 aliphatic carbocycles. The van der Waals surface area contributed by atoms with Crippen molar-refractivity contribution in [2.24, 2.45) is 5.84 Å². The van der Waals surface area contributed by atoms with Gasteiger partial charge in [0.05, 0.1) is 23.1 Å². The van der Waals surface area contributed by atoms with Crippen LogP contribution < -0.4 is 16.0 Å². The normalized spacial score (nSPS) is 12.0. The zero-order valence-electron chi connectivity index (χ0n) is 12.9. The first-order valence-corrected chi connectivity index (χ1v) is 7.65. The Morgan fingerprint density at radius 2 is 1.96 bits per heavy atom. The first kappa shape index (κ1) is 16.2. The summed E-state index contributed by atoms with van der Waals surface area (Å²) in [5.74, 6) is 5.52. The van der Waals surface area contributed by atoms with E-state index in [9.17, 15) is 4.79 Å². The summed E-state index contributed by atoms with van der Waals surface area (Å²) < 4.78 is 5.71. The van der Waals surface area contributed by atoms with Crippen molar-refractivity contribution in [1.82, 2.24) is 15.4 Å². The molecule has 1 heterocycles. The van der Waals surface area contributed by atoms with Crippen LogP contribution in [0.1, 0.15) is 18.4 Å². The summed E-state index contributed by atoms with van der Waals surface area (Å²) in [6.45, 7) is 1.77.